The first-order chi connectivity index (χ1) is 12.8. The van der Waals surface area contributed by atoms with Crippen LogP contribution in [0.3, 0.4) is 0 Å². The van der Waals surface area contributed by atoms with Crippen LogP contribution in [0.2, 0.25) is 0 Å². The van der Waals surface area contributed by atoms with Gasteiger partial charge in [0, 0.05) is 31.2 Å². The largest absolute Gasteiger partial charge is 0.372 e. The van der Waals surface area contributed by atoms with Gasteiger partial charge in [-0.25, -0.2) is 9.78 Å². The normalized spacial score (nSPS) is 17.4. The van der Waals surface area contributed by atoms with Crippen molar-refractivity contribution in [3.05, 3.63) is 53.8 Å². The van der Waals surface area contributed by atoms with Gasteiger partial charge in [-0.3, -0.25) is 4.98 Å². The second kappa shape index (κ2) is 7.80. The minimum atomic E-state index is -0.0887. The number of thiazole rings is 1. The van der Waals surface area contributed by atoms with Crippen LogP contribution in [-0.4, -0.2) is 40.1 Å². The maximum atomic E-state index is 12.6. The van der Waals surface area contributed by atoms with Gasteiger partial charge in [-0.2, -0.15) is 0 Å². The summed E-state index contributed by atoms with van der Waals surface area (Å²) in [5, 5.41) is 2.97. The molecule has 0 spiro atoms. The van der Waals surface area contributed by atoms with Crippen LogP contribution in [0.5, 0.6) is 0 Å². The third-order valence-corrected chi connectivity index (χ3v) is 5.27. The Labute approximate surface area is 155 Å². The molecule has 0 saturated carbocycles. The molecule has 3 heterocycles. The van der Waals surface area contributed by atoms with E-state index in [4.69, 9.17) is 4.74 Å². The molecule has 1 unspecified atom stereocenters. The number of anilines is 1. The van der Waals surface area contributed by atoms with Crippen LogP contribution in [0.4, 0.5) is 10.5 Å². The summed E-state index contributed by atoms with van der Waals surface area (Å²) in [6.07, 6.45) is 5.52. The molecule has 26 heavy (non-hydrogen) atoms. The van der Waals surface area contributed by atoms with Crippen LogP contribution in [0.1, 0.15) is 18.4 Å². The van der Waals surface area contributed by atoms with Gasteiger partial charge in [-0.1, -0.05) is 6.07 Å². The predicted octanol–water partition coefficient (Wildman–Crippen LogP) is 3.90. The Kier molecular flexibility index (Phi) is 5.08. The number of piperidine rings is 1. The Morgan fingerprint density at radius 3 is 3.23 bits per heavy atom. The third kappa shape index (κ3) is 4.00. The van der Waals surface area contributed by atoms with Crippen molar-refractivity contribution in [2.75, 3.05) is 18.4 Å². The highest BCUT2D eigenvalue weighted by Crippen LogP contribution is 2.22. The standard InChI is InChI=1S/C19H20N4O2S/c24-19(22-15-5-6-18-17(9-15)21-13-26-18)23-8-2-4-16(11-23)25-12-14-3-1-7-20-10-14/h1,3,5-7,9-10,13,16H,2,4,8,11-12H2,(H,22,24). The molecule has 6 nitrogen and oxygen atoms in total. The number of benzene rings is 1. The SMILES string of the molecule is O=C(Nc1ccc2scnc2c1)N1CCCC(OCc2cccnc2)C1. The lowest BCUT2D eigenvalue weighted by molar-refractivity contribution is 0.000916. The number of likely N-dealkylation sites (tertiary alicyclic amines) is 1. The molecule has 1 aliphatic heterocycles. The summed E-state index contributed by atoms with van der Waals surface area (Å²) in [6.45, 7) is 1.87. The second-order valence-corrected chi connectivity index (χ2v) is 7.23. The average Bonchev–Trinajstić information content (AvgIpc) is 3.15. The summed E-state index contributed by atoms with van der Waals surface area (Å²) >= 11 is 1.59. The average molecular weight is 368 g/mol. The number of amides is 2. The van der Waals surface area contributed by atoms with Crippen LogP contribution < -0.4 is 5.32 Å². The lowest BCUT2D eigenvalue weighted by atomic mass is 10.1. The van der Waals surface area contributed by atoms with Gasteiger partial charge in [-0.15, -0.1) is 11.3 Å². The fourth-order valence-corrected chi connectivity index (χ4v) is 3.75. The minimum absolute atomic E-state index is 0.0516. The van der Waals surface area contributed by atoms with Crippen molar-refractivity contribution in [2.45, 2.75) is 25.6 Å². The lowest BCUT2D eigenvalue weighted by Gasteiger charge is -2.32. The maximum Gasteiger partial charge on any atom is 0.321 e. The van der Waals surface area contributed by atoms with Gasteiger partial charge in [0.05, 0.1) is 28.4 Å². The van der Waals surface area contributed by atoms with E-state index in [1.165, 1.54) is 0 Å². The lowest BCUT2D eigenvalue weighted by Crippen LogP contribution is -2.45. The van der Waals surface area contributed by atoms with Crippen LogP contribution >= 0.6 is 11.3 Å². The molecule has 7 heteroatoms. The van der Waals surface area contributed by atoms with Gasteiger partial charge in [0.2, 0.25) is 0 Å². The molecular formula is C19H20N4O2S. The number of urea groups is 1. The van der Waals surface area contributed by atoms with Crippen molar-refractivity contribution in [2.24, 2.45) is 0 Å². The van der Waals surface area contributed by atoms with Crippen LogP contribution in [0, 0.1) is 0 Å². The summed E-state index contributed by atoms with van der Waals surface area (Å²) in [5.41, 5.74) is 4.53. The van der Waals surface area contributed by atoms with Crippen LogP contribution in [-0.2, 0) is 11.3 Å². The molecule has 0 bridgehead atoms. The van der Waals surface area contributed by atoms with Gasteiger partial charge < -0.3 is 15.0 Å². The monoisotopic (exact) mass is 368 g/mol. The van der Waals surface area contributed by atoms with Crippen LogP contribution in [0.15, 0.2) is 48.2 Å². The zero-order valence-corrected chi connectivity index (χ0v) is 15.1. The molecule has 1 aliphatic rings. The fraction of sp³-hybridized carbons (Fsp3) is 0.316. The summed E-state index contributed by atoms with van der Waals surface area (Å²) in [5.74, 6) is 0. The first-order valence-electron chi connectivity index (χ1n) is 8.67. The Balaban J connectivity index is 1.33. The van der Waals surface area contributed by atoms with E-state index in [1.54, 1.807) is 17.5 Å². The smallest absolute Gasteiger partial charge is 0.321 e. The van der Waals surface area contributed by atoms with E-state index in [-0.39, 0.29) is 12.1 Å². The molecule has 1 aromatic carbocycles. The highest BCUT2D eigenvalue weighted by molar-refractivity contribution is 7.16. The molecule has 2 amide bonds. The van der Waals surface area contributed by atoms with E-state index >= 15 is 0 Å². The Bertz CT molecular complexity index is 883. The molecule has 0 radical (unpaired) electrons. The third-order valence-electron chi connectivity index (χ3n) is 4.46. The zero-order chi connectivity index (χ0) is 17.8. The summed E-state index contributed by atoms with van der Waals surface area (Å²) < 4.78 is 7.09. The first-order valence-corrected chi connectivity index (χ1v) is 9.55. The summed E-state index contributed by atoms with van der Waals surface area (Å²) in [6, 6.07) is 9.61. The highest BCUT2D eigenvalue weighted by Gasteiger charge is 2.24. The van der Waals surface area contributed by atoms with Gasteiger partial charge in [0.15, 0.2) is 0 Å². The molecule has 1 saturated heterocycles. The number of nitrogens with one attached hydrogen (secondary N) is 1. The Morgan fingerprint density at radius 1 is 1.38 bits per heavy atom. The molecule has 1 atom stereocenters. The number of ether oxygens (including phenoxy) is 1. The second-order valence-electron chi connectivity index (χ2n) is 6.35. The van der Waals surface area contributed by atoms with E-state index in [2.05, 4.69) is 15.3 Å². The van der Waals surface area contributed by atoms with Gasteiger partial charge in [0.25, 0.3) is 0 Å². The van der Waals surface area contributed by atoms with E-state index in [0.717, 1.165) is 40.9 Å². The number of aromatic nitrogens is 2. The topological polar surface area (TPSA) is 67.4 Å². The summed E-state index contributed by atoms with van der Waals surface area (Å²) in [7, 11) is 0. The maximum absolute atomic E-state index is 12.6. The molecular weight excluding hydrogens is 348 g/mol. The molecule has 1 fully saturated rings. The molecule has 1 N–H and O–H groups in total. The van der Waals surface area contributed by atoms with E-state index in [0.29, 0.717) is 13.2 Å². The number of carbonyl (C=O) groups excluding carboxylic acids is 1. The van der Waals surface area contributed by atoms with Gasteiger partial charge in [-0.05, 0) is 42.7 Å². The van der Waals surface area contributed by atoms with Crippen molar-refractivity contribution in [1.29, 1.82) is 0 Å². The number of pyridine rings is 1. The number of hydrogen-bond donors (Lipinski definition) is 1. The Morgan fingerprint density at radius 2 is 2.35 bits per heavy atom. The minimum Gasteiger partial charge on any atom is -0.372 e. The van der Waals surface area contributed by atoms with Crippen molar-refractivity contribution in [3.63, 3.8) is 0 Å². The number of carbonyl (C=O) groups is 1. The van der Waals surface area contributed by atoms with Crippen molar-refractivity contribution < 1.29 is 9.53 Å². The van der Waals surface area contributed by atoms with Crippen molar-refractivity contribution >= 4 is 33.3 Å². The fourth-order valence-electron chi connectivity index (χ4n) is 3.09. The van der Waals surface area contributed by atoms with Gasteiger partial charge >= 0.3 is 6.03 Å². The molecule has 134 valence electrons. The predicted molar refractivity (Wildman–Crippen MR) is 102 cm³/mol. The zero-order valence-electron chi connectivity index (χ0n) is 14.3. The molecule has 0 aliphatic carbocycles. The van der Waals surface area contributed by atoms with E-state index < -0.39 is 0 Å². The van der Waals surface area contributed by atoms with E-state index in [9.17, 15) is 4.79 Å². The summed E-state index contributed by atoms with van der Waals surface area (Å²) in [4.78, 5) is 22.8. The van der Waals surface area contributed by atoms with E-state index in [1.807, 2.05) is 46.9 Å². The van der Waals surface area contributed by atoms with Gasteiger partial charge in [0.1, 0.15) is 0 Å². The van der Waals surface area contributed by atoms with Crippen molar-refractivity contribution in [3.8, 4) is 0 Å². The van der Waals surface area contributed by atoms with Crippen LogP contribution in [0.25, 0.3) is 10.2 Å². The molecule has 2 aromatic heterocycles. The number of hydrogen-bond acceptors (Lipinski definition) is 5. The number of rotatable bonds is 4. The highest BCUT2D eigenvalue weighted by atomic mass is 32.1. The molecule has 4 rings (SSSR count). The number of nitrogens with zero attached hydrogens (tertiary/aromatic N) is 3. The van der Waals surface area contributed by atoms with Crippen molar-refractivity contribution in [1.82, 2.24) is 14.9 Å². The Hall–Kier alpha value is -2.51. The quantitative estimate of drug-likeness (QED) is 0.758. The molecule has 3 aromatic rings. The number of fused-ring (bicyclic) bond motifs is 1. The first kappa shape index (κ1) is 16.9.